The van der Waals surface area contributed by atoms with Crippen molar-refractivity contribution in [2.45, 2.75) is 19.8 Å². The molecule has 5 nitrogen and oxygen atoms in total. The summed E-state index contributed by atoms with van der Waals surface area (Å²) in [6.45, 7) is 3.35. The highest BCUT2D eigenvalue weighted by atomic mass is 16.5. The number of rotatable bonds is 5. The van der Waals surface area contributed by atoms with Crippen molar-refractivity contribution in [2.75, 3.05) is 18.0 Å². The van der Waals surface area contributed by atoms with Gasteiger partial charge in [-0.2, -0.15) is 0 Å². The van der Waals surface area contributed by atoms with Crippen LogP contribution in [0.2, 0.25) is 0 Å². The van der Waals surface area contributed by atoms with E-state index in [0.29, 0.717) is 6.54 Å². The Kier molecular flexibility index (Phi) is 4.21. The second kappa shape index (κ2) is 6.67. The van der Waals surface area contributed by atoms with Gasteiger partial charge in [0.1, 0.15) is 11.5 Å². The minimum atomic E-state index is -0.776. The fourth-order valence-corrected chi connectivity index (χ4v) is 3.55. The zero-order valence-electron chi connectivity index (χ0n) is 14.6. The van der Waals surface area contributed by atoms with Crippen molar-refractivity contribution in [3.8, 4) is 11.5 Å². The smallest absolute Gasteiger partial charge is 0.305 e. The molecule has 0 bridgehead atoms. The molecule has 0 atom stereocenters. The number of pyridine rings is 1. The summed E-state index contributed by atoms with van der Waals surface area (Å²) < 4.78 is 5.97. The molecule has 3 aromatic rings. The van der Waals surface area contributed by atoms with Crippen LogP contribution in [0.15, 0.2) is 48.5 Å². The van der Waals surface area contributed by atoms with Crippen molar-refractivity contribution >= 4 is 22.6 Å². The minimum absolute atomic E-state index is 0.127. The number of ether oxygens (including phenoxy) is 1. The first-order valence-electron chi connectivity index (χ1n) is 8.75. The fraction of sp³-hybridized carbons (Fsp3) is 0.238. The number of carboxylic acid groups (broad SMARTS) is 1. The van der Waals surface area contributed by atoms with E-state index >= 15 is 0 Å². The molecule has 1 aliphatic rings. The van der Waals surface area contributed by atoms with Gasteiger partial charge in [-0.05, 0) is 49.2 Å². The van der Waals surface area contributed by atoms with Crippen molar-refractivity contribution < 1.29 is 14.6 Å². The highest BCUT2D eigenvalue weighted by molar-refractivity contribution is 5.96. The highest BCUT2D eigenvalue weighted by Gasteiger charge is 2.25. The van der Waals surface area contributed by atoms with Crippen LogP contribution < -0.4 is 9.64 Å². The number of anilines is 1. The van der Waals surface area contributed by atoms with Crippen LogP contribution in [0.5, 0.6) is 11.5 Å². The predicted molar refractivity (Wildman–Crippen MR) is 101 cm³/mol. The molecule has 0 radical (unpaired) electrons. The van der Waals surface area contributed by atoms with Gasteiger partial charge in [-0.25, -0.2) is 0 Å². The molecule has 132 valence electrons. The van der Waals surface area contributed by atoms with E-state index in [1.807, 2.05) is 55.5 Å². The van der Waals surface area contributed by atoms with Gasteiger partial charge in [-0.3, -0.25) is 9.78 Å². The standard InChI is InChI=1S/C21H20N2O3/c1-14-17-9-11-23(12-10-20(24)25)21(17)18-13-16(7-8-19(18)22-14)26-15-5-3-2-4-6-15/h2-8,13H,9-12H2,1H3,(H,24,25). The number of nitrogens with zero attached hydrogens (tertiary/aromatic N) is 2. The Balaban J connectivity index is 1.76. The molecule has 4 rings (SSSR count). The van der Waals surface area contributed by atoms with Crippen molar-refractivity contribution in [3.05, 3.63) is 59.8 Å². The predicted octanol–water partition coefficient (Wildman–Crippen LogP) is 4.17. The van der Waals surface area contributed by atoms with E-state index in [2.05, 4.69) is 4.90 Å². The highest BCUT2D eigenvalue weighted by Crippen LogP contribution is 2.38. The zero-order chi connectivity index (χ0) is 18.1. The molecule has 0 spiro atoms. The van der Waals surface area contributed by atoms with E-state index in [9.17, 15) is 4.79 Å². The van der Waals surface area contributed by atoms with Crippen LogP contribution in [-0.2, 0) is 11.2 Å². The molecular formula is C21H20N2O3. The van der Waals surface area contributed by atoms with Crippen molar-refractivity contribution in [1.29, 1.82) is 0 Å². The molecule has 0 saturated carbocycles. The molecule has 0 saturated heterocycles. The molecule has 5 heteroatoms. The maximum absolute atomic E-state index is 11.0. The Hall–Kier alpha value is -3.08. The Bertz CT molecular complexity index is 970. The first-order valence-corrected chi connectivity index (χ1v) is 8.75. The third kappa shape index (κ3) is 3.08. The van der Waals surface area contributed by atoms with Gasteiger partial charge in [0.2, 0.25) is 0 Å². The number of hydrogen-bond acceptors (Lipinski definition) is 4. The summed E-state index contributed by atoms with van der Waals surface area (Å²) >= 11 is 0. The van der Waals surface area contributed by atoms with E-state index in [1.54, 1.807) is 0 Å². The number of benzene rings is 2. The summed E-state index contributed by atoms with van der Waals surface area (Å²) in [7, 11) is 0. The third-order valence-corrected chi connectivity index (χ3v) is 4.76. The first kappa shape index (κ1) is 16.4. The van der Waals surface area contributed by atoms with Crippen LogP contribution in [0, 0.1) is 6.92 Å². The lowest BCUT2D eigenvalue weighted by Crippen LogP contribution is -2.24. The number of aliphatic carboxylic acids is 1. The lowest BCUT2D eigenvalue weighted by molar-refractivity contribution is -0.136. The molecule has 0 amide bonds. The number of fused-ring (bicyclic) bond motifs is 3. The number of aromatic nitrogens is 1. The largest absolute Gasteiger partial charge is 0.481 e. The van der Waals surface area contributed by atoms with E-state index < -0.39 is 5.97 Å². The molecule has 2 aromatic carbocycles. The van der Waals surface area contributed by atoms with Gasteiger partial charge in [0.05, 0.1) is 17.6 Å². The van der Waals surface area contributed by atoms with Crippen LogP contribution >= 0.6 is 0 Å². The summed E-state index contributed by atoms with van der Waals surface area (Å²) in [6.07, 6.45) is 1.02. The Labute approximate surface area is 151 Å². The normalized spacial score (nSPS) is 13.0. The summed E-state index contributed by atoms with van der Waals surface area (Å²) in [6, 6.07) is 15.6. The van der Waals surface area contributed by atoms with Crippen LogP contribution in [0.4, 0.5) is 5.69 Å². The van der Waals surface area contributed by atoms with Crippen molar-refractivity contribution in [1.82, 2.24) is 4.98 Å². The second-order valence-electron chi connectivity index (χ2n) is 6.50. The minimum Gasteiger partial charge on any atom is -0.481 e. The quantitative estimate of drug-likeness (QED) is 0.750. The lowest BCUT2D eigenvalue weighted by Gasteiger charge is -2.21. The van der Waals surface area contributed by atoms with Crippen LogP contribution in [0.3, 0.4) is 0 Å². The van der Waals surface area contributed by atoms with Crippen LogP contribution in [0.1, 0.15) is 17.7 Å². The molecule has 0 aliphatic carbocycles. The average Bonchev–Trinajstić information content (AvgIpc) is 3.06. The molecule has 0 fully saturated rings. The van der Waals surface area contributed by atoms with Gasteiger partial charge >= 0.3 is 5.97 Å². The summed E-state index contributed by atoms with van der Waals surface area (Å²) in [5, 5.41) is 10.1. The van der Waals surface area contributed by atoms with Crippen LogP contribution in [0.25, 0.3) is 10.9 Å². The summed E-state index contributed by atoms with van der Waals surface area (Å²) in [5.74, 6) is 0.759. The Morgan fingerprint density at radius 2 is 2.00 bits per heavy atom. The Morgan fingerprint density at radius 3 is 2.77 bits per heavy atom. The SMILES string of the molecule is Cc1nc2ccc(Oc3ccccc3)cc2c2c1CCN2CCC(=O)O. The Morgan fingerprint density at radius 1 is 1.19 bits per heavy atom. The van der Waals surface area contributed by atoms with Gasteiger partial charge in [0, 0.05) is 24.2 Å². The van der Waals surface area contributed by atoms with E-state index in [0.717, 1.165) is 46.7 Å². The van der Waals surface area contributed by atoms with Gasteiger partial charge < -0.3 is 14.7 Å². The number of carbonyl (C=O) groups is 1. The molecule has 2 heterocycles. The molecule has 1 aromatic heterocycles. The van der Waals surface area contributed by atoms with E-state index in [4.69, 9.17) is 14.8 Å². The molecule has 1 aliphatic heterocycles. The lowest BCUT2D eigenvalue weighted by atomic mass is 10.1. The summed E-state index contributed by atoms with van der Waals surface area (Å²) in [4.78, 5) is 17.9. The zero-order valence-corrected chi connectivity index (χ0v) is 14.6. The maximum atomic E-state index is 11.0. The van der Waals surface area contributed by atoms with Crippen molar-refractivity contribution in [3.63, 3.8) is 0 Å². The van der Waals surface area contributed by atoms with Crippen molar-refractivity contribution in [2.24, 2.45) is 0 Å². The van der Waals surface area contributed by atoms with Gasteiger partial charge in [0.25, 0.3) is 0 Å². The monoisotopic (exact) mass is 348 g/mol. The fourth-order valence-electron chi connectivity index (χ4n) is 3.55. The van der Waals surface area contributed by atoms with Gasteiger partial charge in [-0.15, -0.1) is 0 Å². The number of aryl methyl sites for hydroxylation is 1. The van der Waals surface area contributed by atoms with Crippen LogP contribution in [-0.4, -0.2) is 29.1 Å². The molecule has 26 heavy (non-hydrogen) atoms. The second-order valence-corrected chi connectivity index (χ2v) is 6.50. The number of hydrogen-bond donors (Lipinski definition) is 1. The first-order chi connectivity index (χ1) is 12.6. The third-order valence-electron chi connectivity index (χ3n) is 4.76. The molecule has 0 unspecified atom stereocenters. The number of para-hydroxylation sites is 1. The van der Waals surface area contributed by atoms with E-state index in [1.165, 1.54) is 5.56 Å². The maximum Gasteiger partial charge on any atom is 0.305 e. The molecular weight excluding hydrogens is 328 g/mol. The van der Waals surface area contributed by atoms with E-state index in [-0.39, 0.29) is 6.42 Å². The topological polar surface area (TPSA) is 62.7 Å². The summed E-state index contributed by atoms with van der Waals surface area (Å²) in [5.41, 5.74) is 4.23. The van der Waals surface area contributed by atoms with Gasteiger partial charge in [0.15, 0.2) is 0 Å². The molecule has 1 N–H and O–H groups in total. The average molecular weight is 348 g/mol. The number of carboxylic acids is 1. The van der Waals surface area contributed by atoms with Gasteiger partial charge in [-0.1, -0.05) is 18.2 Å².